The molecule has 1 aromatic heterocycles. The normalized spacial score (nSPS) is 11.2. The number of fused-ring (bicyclic) bond motifs is 1. The monoisotopic (exact) mass is 264 g/mol. The van der Waals surface area contributed by atoms with E-state index < -0.39 is 0 Å². The minimum atomic E-state index is -0.276. The third-order valence-electron chi connectivity index (χ3n) is 3.03. The third kappa shape index (κ3) is 2.67. The first kappa shape index (κ1) is 12.4. The Hall–Kier alpha value is -2.68. The first-order valence-electron chi connectivity index (χ1n) is 6.31. The summed E-state index contributed by atoms with van der Waals surface area (Å²) in [4.78, 5) is 4.42. The van der Waals surface area contributed by atoms with Crippen molar-refractivity contribution < 1.29 is 4.39 Å². The van der Waals surface area contributed by atoms with Crippen LogP contribution in [0.1, 0.15) is 11.3 Å². The second-order valence-corrected chi connectivity index (χ2v) is 4.58. The lowest BCUT2D eigenvalue weighted by Gasteiger charge is -2.00. The predicted octanol–water partition coefficient (Wildman–Crippen LogP) is 4.13. The van der Waals surface area contributed by atoms with E-state index in [9.17, 15) is 4.39 Å². The molecule has 0 aliphatic rings. The topological polar surface area (TPSA) is 38.9 Å². The summed E-state index contributed by atoms with van der Waals surface area (Å²) in [5.74, 6) is -0.276. The number of halogens is 1. The molecule has 0 spiro atoms. The molecule has 1 heterocycles. The van der Waals surface area contributed by atoms with E-state index in [1.54, 1.807) is 6.07 Å². The Balaban J connectivity index is 1.94. The molecular weight excluding hydrogens is 251 g/mol. The van der Waals surface area contributed by atoms with Crippen molar-refractivity contribution in [1.82, 2.24) is 4.98 Å². The Bertz CT molecular complexity index is 794. The number of anilines is 1. The average Bonchev–Trinajstić information content (AvgIpc) is 2.45. The van der Waals surface area contributed by atoms with E-state index in [0.29, 0.717) is 5.52 Å². The van der Waals surface area contributed by atoms with Gasteiger partial charge < -0.3 is 5.73 Å². The van der Waals surface area contributed by atoms with Crippen LogP contribution in [0.3, 0.4) is 0 Å². The van der Waals surface area contributed by atoms with Crippen molar-refractivity contribution >= 4 is 28.7 Å². The van der Waals surface area contributed by atoms with Crippen LogP contribution >= 0.6 is 0 Å². The van der Waals surface area contributed by atoms with Gasteiger partial charge in [-0.1, -0.05) is 24.3 Å². The Labute approximate surface area is 116 Å². The fourth-order valence-electron chi connectivity index (χ4n) is 2.04. The molecule has 2 nitrogen and oxygen atoms in total. The van der Waals surface area contributed by atoms with Crippen LogP contribution in [0.5, 0.6) is 0 Å². The van der Waals surface area contributed by atoms with Crippen LogP contribution in [-0.2, 0) is 0 Å². The van der Waals surface area contributed by atoms with E-state index >= 15 is 0 Å². The Morgan fingerprint density at radius 1 is 0.950 bits per heavy atom. The molecule has 0 amide bonds. The van der Waals surface area contributed by atoms with E-state index in [4.69, 9.17) is 5.73 Å². The molecule has 0 aliphatic heterocycles. The zero-order valence-corrected chi connectivity index (χ0v) is 10.8. The van der Waals surface area contributed by atoms with Gasteiger partial charge in [-0.15, -0.1) is 0 Å². The molecule has 0 saturated heterocycles. The van der Waals surface area contributed by atoms with Crippen LogP contribution in [0.15, 0.2) is 54.6 Å². The van der Waals surface area contributed by atoms with Crippen LogP contribution in [-0.4, -0.2) is 4.98 Å². The van der Waals surface area contributed by atoms with Crippen molar-refractivity contribution in [2.24, 2.45) is 0 Å². The number of nitrogens with zero attached hydrogens (tertiary/aromatic N) is 1. The molecule has 2 N–H and O–H groups in total. The van der Waals surface area contributed by atoms with Gasteiger partial charge in [0.05, 0.1) is 11.2 Å². The lowest BCUT2D eigenvalue weighted by molar-refractivity contribution is 0.629. The largest absolute Gasteiger partial charge is 0.399 e. The summed E-state index contributed by atoms with van der Waals surface area (Å²) in [5, 5.41) is 0.924. The maximum atomic E-state index is 13.2. The second-order valence-electron chi connectivity index (χ2n) is 4.58. The number of rotatable bonds is 2. The Morgan fingerprint density at radius 2 is 1.80 bits per heavy atom. The zero-order chi connectivity index (χ0) is 13.9. The number of aromatic nitrogens is 1. The van der Waals surface area contributed by atoms with E-state index in [1.165, 1.54) is 12.1 Å². The Kier molecular flexibility index (Phi) is 3.17. The summed E-state index contributed by atoms with van der Waals surface area (Å²) in [6.07, 6.45) is 3.82. The molecule has 0 aliphatic carbocycles. The molecule has 0 radical (unpaired) electrons. The number of hydrogen-bond acceptors (Lipinski definition) is 2. The standard InChI is InChI=1S/C17H13FN2/c18-14-7-5-13-6-9-16(20-17(13)11-14)8-4-12-2-1-3-15(19)10-12/h1-11H,19H2/b8-4+. The lowest BCUT2D eigenvalue weighted by Crippen LogP contribution is -1.85. The molecule has 3 aromatic rings. The van der Waals surface area contributed by atoms with E-state index in [2.05, 4.69) is 4.98 Å². The Morgan fingerprint density at radius 3 is 2.65 bits per heavy atom. The number of pyridine rings is 1. The predicted molar refractivity (Wildman–Crippen MR) is 81.5 cm³/mol. The summed E-state index contributed by atoms with van der Waals surface area (Å²) in [7, 11) is 0. The fourth-order valence-corrected chi connectivity index (χ4v) is 2.04. The van der Waals surface area contributed by atoms with Gasteiger partial charge in [-0.3, -0.25) is 0 Å². The molecule has 3 heteroatoms. The number of nitrogens with two attached hydrogens (primary N) is 1. The van der Waals surface area contributed by atoms with Crippen molar-refractivity contribution in [3.05, 3.63) is 71.7 Å². The highest BCUT2D eigenvalue weighted by atomic mass is 19.1. The molecule has 0 bridgehead atoms. The maximum absolute atomic E-state index is 13.2. The summed E-state index contributed by atoms with van der Waals surface area (Å²) >= 11 is 0. The summed E-state index contributed by atoms with van der Waals surface area (Å²) in [6.45, 7) is 0. The van der Waals surface area contributed by atoms with Crippen LogP contribution in [0.25, 0.3) is 23.1 Å². The smallest absolute Gasteiger partial charge is 0.125 e. The molecule has 20 heavy (non-hydrogen) atoms. The summed E-state index contributed by atoms with van der Waals surface area (Å²) < 4.78 is 13.2. The highest BCUT2D eigenvalue weighted by Gasteiger charge is 1.98. The lowest BCUT2D eigenvalue weighted by atomic mass is 10.1. The van der Waals surface area contributed by atoms with Crippen molar-refractivity contribution in [3.63, 3.8) is 0 Å². The van der Waals surface area contributed by atoms with Gasteiger partial charge in [-0.05, 0) is 42.0 Å². The van der Waals surface area contributed by atoms with Gasteiger partial charge in [0, 0.05) is 17.1 Å². The van der Waals surface area contributed by atoms with E-state index in [0.717, 1.165) is 22.3 Å². The summed E-state index contributed by atoms with van der Waals surface area (Å²) in [5.41, 5.74) is 8.89. The van der Waals surface area contributed by atoms with Crippen molar-refractivity contribution in [3.8, 4) is 0 Å². The van der Waals surface area contributed by atoms with Gasteiger partial charge in [0.1, 0.15) is 5.82 Å². The molecule has 0 saturated carbocycles. The molecule has 2 aromatic carbocycles. The minimum absolute atomic E-state index is 0.276. The zero-order valence-electron chi connectivity index (χ0n) is 10.8. The highest BCUT2D eigenvalue weighted by Crippen LogP contribution is 2.16. The van der Waals surface area contributed by atoms with Crippen molar-refractivity contribution in [2.75, 3.05) is 5.73 Å². The van der Waals surface area contributed by atoms with Gasteiger partial charge in [-0.2, -0.15) is 0 Å². The minimum Gasteiger partial charge on any atom is -0.399 e. The van der Waals surface area contributed by atoms with Crippen LogP contribution in [0, 0.1) is 5.82 Å². The van der Waals surface area contributed by atoms with Crippen LogP contribution in [0.4, 0.5) is 10.1 Å². The fraction of sp³-hybridized carbons (Fsp3) is 0. The molecule has 0 unspecified atom stereocenters. The van der Waals surface area contributed by atoms with Gasteiger partial charge in [-0.25, -0.2) is 9.37 Å². The third-order valence-corrected chi connectivity index (χ3v) is 3.03. The van der Waals surface area contributed by atoms with Crippen molar-refractivity contribution in [1.29, 1.82) is 0 Å². The van der Waals surface area contributed by atoms with Gasteiger partial charge >= 0.3 is 0 Å². The first-order chi connectivity index (χ1) is 9.70. The SMILES string of the molecule is Nc1cccc(/C=C/c2ccc3ccc(F)cc3n2)c1. The molecular formula is C17H13FN2. The number of benzene rings is 2. The molecule has 3 rings (SSSR count). The van der Waals surface area contributed by atoms with Crippen LogP contribution < -0.4 is 5.73 Å². The first-order valence-corrected chi connectivity index (χ1v) is 6.31. The highest BCUT2D eigenvalue weighted by molar-refractivity contribution is 5.81. The quantitative estimate of drug-likeness (QED) is 0.707. The van der Waals surface area contributed by atoms with Crippen LogP contribution in [0.2, 0.25) is 0 Å². The number of hydrogen-bond donors (Lipinski definition) is 1. The summed E-state index contributed by atoms with van der Waals surface area (Å²) in [6, 6.07) is 16.0. The van der Waals surface area contributed by atoms with Gasteiger partial charge in [0.2, 0.25) is 0 Å². The molecule has 98 valence electrons. The molecule has 0 fully saturated rings. The van der Waals surface area contributed by atoms with E-state index in [-0.39, 0.29) is 5.82 Å². The van der Waals surface area contributed by atoms with Gasteiger partial charge in [0.25, 0.3) is 0 Å². The van der Waals surface area contributed by atoms with Crippen molar-refractivity contribution in [2.45, 2.75) is 0 Å². The maximum Gasteiger partial charge on any atom is 0.125 e. The van der Waals surface area contributed by atoms with E-state index in [1.807, 2.05) is 48.6 Å². The average molecular weight is 264 g/mol. The molecule has 0 atom stereocenters. The van der Waals surface area contributed by atoms with Gasteiger partial charge in [0.15, 0.2) is 0 Å². The number of nitrogen functional groups attached to an aromatic ring is 1. The second kappa shape index (κ2) is 5.13.